The first kappa shape index (κ1) is 48.2. The summed E-state index contributed by atoms with van der Waals surface area (Å²) in [5.74, 6) is 3.31. The Hall–Kier alpha value is -4.19. The zero-order chi connectivity index (χ0) is 42.8. The molecule has 3 aliphatic carbocycles. The van der Waals surface area contributed by atoms with Crippen LogP contribution in [0.2, 0.25) is 0 Å². The zero-order valence-electron chi connectivity index (χ0n) is 37.4. The molecule has 0 aromatic heterocycles. The number of aromatic hydroxyl groups is 1. The van der Waals surface area contributed by atoms with Crippen LogP contribution in [0.5, 0.6) is 5.75 Å². The van der Waals surface area contributed by atoms with Crippen molar-refractivity contribution in [2.45, 2.75) is 163 Å². The third-order valence-corrected chi connectivity index (χ3v) is 12.3. The fourth-order valence-corrected chi connectivity index (χ4v) is 8.12. The summed E-state index contributed by atoms with van der Waals surface area (Å²) in [7, 11) is 0. The van der Waals surface area contributed by atoms with Gasteiger partial charge in [0.05, 0.1) is 11.8 Å². The molecule has 4 atom stereocenters. The van der Waals surface area contributed by atoms with Gasteiger partial charge in [-0.25, -0.2) is 0 Å². The van der Waals surface area contributed by atoms with Gasteiger partial charge in [0.2, 0.25) is 0 Å². The molecular formula is C52H76N2O4. The summed E-state index contributed by atoms with van der Waals surface area (Å²) in [5.41, 5.74) is 8.49. The Morgan fingerprint density at radius 2 is 1.67 bits per heavy atom. The van der Waals surface area contributed by atoms with E-state index < -0.39 is 0 Å². The van der Waals surface area contributed by atoms with Crippen molar-refractivity contribution >= 4 is 22.9 Å². The van der Waals surface area contributed by atoms with E-state index in [0.717, 1.165) is 79.3 Å². The summed E-state index contributed by atoms with van der Waals surface area (Å²) in [6, 6.07) is 15.4. The first-order valence-electron chi connectivity index (χ1n) is 22.1. The summed E-state index contributed by atoms with van der Waals surface area (Å²) >= 11 is 0. The standard InChI is InChI=1S/C23H33NO.C16H19NO2.C9H16O.C4H8/c1-5-21(22-14-10-9-11-17(22)2)16-23(19(4)25)24-18(3)15-20-12-7-6-8-13-20;1-11(2)13-6-7-16(9-13)10-15(17-19-16)12-4-3-5-14(18)8-12;1-5-6-7(2)8(3)9(4)10;1-4-2-3-4/h5,9-11,14,20,23-24H,3,6-8,12-13,15-16H2,1-2,4H3;3-5,8,13,18H,1,6-7,9-10H2,2H3;7H,3,5-6H2,1-2,4H3;4H,2-3H2,1H3/b21-5-;;;. The molecule has 1 spiro atoms. The first-order chi connectivity index (χ1) is 27.6. The fraction of sp³-hybridized carbons (Fsp3) is 0.558. The first-order valence-corrected chi connectivity index (χ1v) is 22.1. The second-order valence-corrected chi connectivity index (χ2v) is 17.7. The molecule has 1 heterocycles. The van der Waals surface area contributed by atoms with Gasteiger partial charge in [0.25, 0.3) is 0 Å². The lowest BCUT2D eigenvalue weighted by molar-refractivity contribution is -0.118. The van der Waals surface area contributed by atoms with E-state index in [9.17, 15) is 14.7 Å². The molecule has 0 amide bonds. The van der Waals surface area contributed by atoms with E-state index >= 15 is 0 Å². The van der Waals surface area contributed by atoms with Gasteiger partial charge < -0.3 is 15.3 Å². The van der Waals surface area contributed by atoms with Gasteiger partial charge >= 0.3 is 0 Å². The number of aryl methyl sites for hydroxylation is 1. The number of oxime groups is 1. The van der Waals surface area contributed by atoms with Crippen LogP contribution in [0.1, 0.15) is 161 Å². The number of hydrogen-bond acceptors (Lipinski definition) is 6. The van der Waals surface area contributed by atoms with E-state index in [1.807, 2.05) is 19.1 Å². The summed E-state index contributed by atoms with van der Waals surface area (Å²) in [6.07, 6.45) is 19.7. The number of benzene rings is 2. The van der Waals surface area contributed by atoms with Crippen LogP contribution in [-0.4, -0.2) is 34.0 Å². The van der Waals surface area contributed by atoms with Crippen LogP contribution < -0.4 is 5.32 Å². The van der Waals surface area contributed by atoms with Crippen molar-refractivity contribution in [2.75, 3.05) is 0 Å². The summed E-state index contributed by atoms with van der Waals surface area (Å²) in [4.78, 5) is 28.7. The van der Waals surface area contributed by atoms with E-state index in [-0.39, 0.29) is 29.0 Å². The Labute approximate surface area is 352 Å². The predicted molar refractivity (Wildman–Crippen MR) is 245 cm³/mol. The number of hydrogen-bond donors (Lipinski definition) is 2. The van der Waals surface area contributed by atoms with Gasteiger partial charge in [-0.05, 0) is 131 Å². The predicted octanol–water partition coefficient (Wildman–Crippen LogP) is 13.4. The van der Waals surface area contributed by atoms with Gasteiger partial charge in [0.1, 0.15) is 11.4 Å². The molecule has 58 heavy (non-hydrogen) atoms. The second-order valence-electron chi connectivity index (χ2n) is 17.7. The molecule has 6 heteroatoms. The van der Waals surface area contributed by atoms with Crippen LogP contribution in [0.3, 0.4) is 0 Å². The van der Waals surface area contributed by atoms with Crippen LogP contribution >= 0.6 is 0 Å². The van der Waals surface area contributed by atoms with Crippen LogP contribution in [0.25, 0.3) is 5.57 Å². The highest BCUT2D eigenvalue weighted by Crippen LogP contribution is 2.46. The normalized spacial score (nSPS) is 21.0. The van der Waals surface area contributed by atoms with Crippen molar-refractivity contribution in [3.05, 3.63) is 108 Å². The molecular weight excluding hydrogens is 717 g/mol. The third kappa shape index (κ3) is 16.2. The highest BCUT2D eigenvalue weighted by atomic mass is 16.7. The Balaban J connectivity index is 0.000000238. The summed E-state index contributed by atoms with van der Waals surface area (Å²) < 4.78 is 0. The largest absolute Gasteiger partial charge is 0.508 e. The maximum Gasteiger partial charge on any atom is 0.155 e. The van der Waals surface area contributed by atoms with Crippen molar-refractivity contribution in [3.8, 4) is 5.75 Å². The van der Waals surface area contributed by atoms with Crippen LogP contribution in [0.4, 0.5) is 0 Å². The number of Topliss-reactive ketones (excluding diaryl/α,β-unsaturated/α-hetero) is 2. The summed E-state index contributed by atoms with van der Waals surface area (Å²) in [5, 5.41) is 17.2. The molecule has 0 saturated heterocycles. The molecule has 2 aromatic carbocycles. The lowest BCUT2D eigenvalue weighted by atomic mass is 9.86. The lowest BCUT2D eigenvalue weighted by Gasteiger charge is -2.26. The number of ketones is 2. The van der Waals surface area contributed by atoms with E-state index in [1.54, 1.807) is 26.0 Å². The Bertz CT molecular complexity index is 1740. The minimum atomic E-state index is -0.193. The van der Waals surface area contributed by atoms with Crippen molar-refractivity contribution < 1.29 is 19.5 Å². The topological polar surface area (TPSA) is 88.0 Å². The number of nitrogens with zero attached hydrogens (tertiary/aromatic N) is 1. The number of carbonyl (C=O) groups is 2. The smallest absolute Gasteiger partial charge is 0.155 e. The van der Waals surface area contributed by atoms with E-state index in [2.05, 4.69) is 95.2 Å². The minimum absolute atomic E-state index is 0.126. The van der Waals surface area contributed by atoms with E-state index in [0.29, 0.717) is 18.3 Å². The molecule has 318 valence electrons. The molecule has 3 fully saturated rings. The SMILES string of the molecule is C=C(C(C)=O)C(C)CCC.C=C(C)C1CCC2(CC(c3cccc(O)c3)=NO2)C1.C=C(CC1CCCCC1)NC(C/C(=C/C)c1ccccc1C)C(C)=O.CC1CC1. The summed E-state index contributed by atoms with van der Waals surface area (Å²) in [6.45, 7) is 28.0. The number of carbonyl (C=O) groups excluding carboxylic acids is 2. The molecule has 4 aliphatic rings. The van der Waals surface area contributed by atoms with Gasteiger partial charge in [-0.15, -0.1) is 0 Å². The average molecular weight is 793 g/mol. The third-order valence-electron chi connectivity index (χ3n) is 12.3. The Kier molecular flexibility index (Phi) is 20.0. The maximum atomic E-state index is 12.2. The van der Waals surface area contributed by atoms with Crippen LogP contribution in [0.15, 0.2) is 96.3 Å². The molecule has 6 nitrogen and oxygen atoms in total. The van der Waals surface area contributed by atoms with Gasteiger partial charge in [-0.3, -0.25) is 9.59 Å². The molecule has 2 N–H and O–H groups in total. The fourth-order valence-electron chi connectivity index (χ4n) is 8.12. The van der Waals surface area contributed by atoms with Crippen LogP contribution in [-0.2, 0) is 14.4 Å². The van der Waals surface area contributed by atoms with E-state index in [4.69, 9.17) is 4.84 Å². The van der Waals surface area contributed by atoms with Gasteiger partial charge in [-0.1, -0.05) is 145 Å². The lowest BCUT2D eigenvalue weighted by Crippen LogP contribution is -2.35. The molecule has 0 bridgehead atoms. The van der Waals surface area contributed by atoms with Crippen molar-refractivity contribution in [1.29, 1.82) is 0 Å². The van der Waals surface area contributed by atoms with Crippen LogP contribution in [0, 0.1) is 30.6 Å². The maximum absolute atomic E-state index is 12.2. The molecule has 6 rings (SSSR count). The van der Waals surface area contributed by atoms with Gasteiger partial charge in [-0.2, -0.15) is 0 Å². The van der Waals surface area contributed by atoms with Crippen molar-refractivity contribution in [2.24, 2.45) is 28.8 Å². The Morgan fingerprint density at radius 3 is 2.21 bits per heavy atom. The Morgan fingerprint density at radius 1 is 1.00 bits per heavy atom. The quantitative estimate of drug-likeness (QED) is 0.147. The number of phenolic OH excluding ortho intramolecular Hbond substituents is 1. The van der Waals surface area contributed by atoms with Crippen molar-refractivity contribution in [1.82, 2.24) is 5.32 Å². The number of nitrogens with one attached hydrogen (secondary N) is 1. The monoisotopic (exact) mass is 793 g/mol. The van der Waals surface area contributed by atoms with Crippen molar-refractivity contribution in [3.63, 3.8) is 0 Å². The van der Waals surface area contributed by atoms with E-state index in [1.165, 1.54) is 67.2 Å². The zero-order valence-corrected chi connectivity index (χ0v) is 37.4. The van der Waals surface area contributed by atoms with Gasteiger partial charge in [0, 0.05) is 17.7 Å². The molecule has 0 radical (unpaired) electrons. The van der Waals surface area contributed by atoms with Gasteiger partial charge in [0.15, 0.2) is 11.6 Å². The molecule has 2 aromatic rings. The highest BCUT2D eigenvalue weighted by molar-refractivity contribution is 6.02. The molecule has 4 unspecified atom stereocenters. The number of allylic oxidation sites excluding steroid dienone is 4. The highest BCUT2D eigenvalue weighted by Gasteiger charge is 2.46. The molecule has 1 aliphatic heterocycles. The average Bonchev–Trinajstić information content (AvgIpc) is 3.68. The minimum Gasteiger partial charge on any atom is -0.508 e. The number of rotatable bonds is 14. The second kappa shape index (κ2) is 24.0. The number of phenols is 1. The molecule has 3 saturated carbocycles.